The minimum atomic E-state index is 0.0334. The predicted molar refractivity (Wildman–Crippen MR) is 113 cm³/mol. The lowest BCUT2D eigenvalue weighted by atomic mass is 10.3. The van der Waals surface area contributed by atoms with E-state index in [-0.39, 0.29) is 13.2 Å². The van der Waals surface area contributed by atoms with Crippen LogP contribution in [0.15, 0.2) is 30.3 Å². The van der Waals surface area contributed by atoms with Crippen molar-refractivity contribution >= 4 is 0 Å². The minimum Gasteiger partial charge on any atom is -0.394 e. The fourth-order valence-corrected chi connectivity index (χ4v) is 1.90. The van der Waals surface area contributed by atoms with Gasteiger partial charge in [0.1, 0.15) is 0 Å². The third-order valence-electron chi connectivity index (χ3n) is 3.25. The zero-order chi connectivity index (χ0) is 22.7. The molecule has 182 valence electrons. The van der Waals surface area contributed by atoms with E-state index in [1.54, 1.807) is 0 Å². The van der Waals surface area contributed by atoms with Crippen molar-refractivity contribution in [3.05, 3.63) is 30.3 Å². The van der Waals surface area contributed by atoms with E-state index >= 15 is 0 Å². The van der Waals surface area contributed by atoms with Gasteiger partial charge in [0.05, 0.1) is 99.6 Å². The van der Waals surface area contributed by atoms with Crippen LogP contribution in [0.25, 0.3) is 0 Å². The van der Waals surface area contributed by atoms with Crippen LogP contribution >= 0.6 is 0 Å². The number of ether oxygens (including phenoxy) is 6. The molecular formula is C21H38O10. The molecule has 0 saturated heterocycles. The third kappa shape index (κ3) is 24.8. The number of aliphatic hydroxyl groups excluding tert-OH is 2. The first-order valence-electron chi connectivity index (χ1n) is 10.3. The summed E-state index contributed by atoms with van der Waals surface area (Å²) in [5.41, 5.74) is 0. The van der Waals surface area contributed by atoms with E-state index in [4.69, 9.17) is 43.5 Å². The van der Waals surface area contributed by atoms with E-state index < -0.39 is 0 Å². The van der Waals surface area contributed by atoms with Crippen LogP contribution in [0.4, 0.5) is 0 Å². The first-order chi connectivity index (χ1) is 15.3. The van der Waals surface area contributed by atoms with Crippen LogP contribution in [0.1, 0.15) is 0 Å². The molecule has 0 radical (unpaired) electrons. The fraction of sp³-hybridized carbons (Fsp3) is 0.714. The molecule has 10 heteroatoms. The highest BCUT2D eigenvalue weighted by Gasteiger charge is 1.93. The largest absolute Gasteiger partial charge is 0.394 e. The van der Waals surface area contributed by atoms with Gasteiger partial charge in [-0.15, -0.1) is 0 Å². The lowest BCUT2D eigenvalue weighted by Crippen LogP contribution is -2.14. The summed E-state index contributed by atoms with van der Waals surface area (Å²) in [4.78, 5) is 9.13. The van der Waals surface area contributed by atoms with Gasteiger partial charge in [-0.25, -0.2) is 0 Å². The Morgan fingerprint density at radius 2 is 0.839 bits per heavy atom. The number of para-hydroxylation sites is 1. The van der Waals surface area contributed by atoms with Gasteiger partial charge < -0.3 is 43.5 Å². The predicted octanol–water partition coefficient (Wildman–Crippen LogP) is 0.697. The Hall–Kier alpha value is -1.34. The maximum atomic E-state index is 8.48. The first-order valence-corrected chi connectivity index (χ1v) is 10.3. The standard InChI is InChI=1S/C14H30O8.C7H8O2/c15-1-3-17-5-7-19-9-11-21-13-14-22-12-10-20-8-6-18-4-2-16;1-8-9-7-5-3-2-4-6-7/h15-16H,1-14H2;2-6H,1H3. The molecule has 0 fully saturated rings. The van der Waals surface area contributed by atoms with Crippen molar-refractivity contribution in [2.24, 2.45) is 0 Å². The average Bonchev–Trinajstić information content (AvgIpc) is 2.80. The molecule has 0 aromatic heterocycles. The van der Waals surface area contributed by atoms with Gasteiger partial charge in [-0.3, -0.25) is 0 Å². The Labute approximate surface area is 184 Å². The average molecular weight is 451 g/mol. The molecule has 31 heavy (non-hydrogen) atoms. The molecule has 10 nitrogen and oxygen atoms in total. The van der Waals surface area contributed by atoms with Gasteiger partial charge in [-0.2, -0.15) is 4.89 Å². The summed E-state index contributed by atoms with van der Waals surface area (Å²) in [5, 5.41) is 17.0. The molecule has 0 saturated carbocycles. The van der Waals surface area contributed by atoms with Gasteiger partial charge in [0.15, 0.2) is 5.75 Å². The monoisotopic (exact) mass is 450 g/mol. The normalized spacial score (nSPS) is 10.5. The van der Waals surface area contributed by atoms with Crippen LogP contribution in [0.5, 0.6) is 5.75 Å². The molecule has 0 bridgehead atoms. The Kier molecular flexibility index (Phi) is 25.5. The molecule has 1 aromatic rings. The Balaban J connectivity index is 0.000000823. The second-order valence-corrected chi connectivity index (χ2v) is 5.68. The van der Waals surface area contributed by atoms with Crippen LogP contribution in [-0.4, -0.2) is 110 Å². The maximum Gasteiger partial charge on any atom is 0.165 e. The molecule has 2 N–H and O–H groups in total. The van der Waals surface area contributed by atoms with Crippen LogP contribution in [0, 0.1) is 0 Å². The number of hydrogen-bond acceptors (Lipinski definition) is 10. The molecule has 0 unspecified atom stereocenters. The molecule has 0 aliphatic carbocycles. The Morgan fingerprint density at radius 1 is 0.516 bits per heavy atom. The van der Waals surface area contributed by atoms with Crippen molar-refractivity contribution < 1.29 is 48.4 Å². The summed E-state index contributed by atoms with van der Waals surface area (Å²) in [7, 11) is 1.48. The van der Waals surface area contributed by atoms with Gasteiger partial charge in [0.25, 0.3) is 0 Å². The van der Waals surface area contributed by atoms with Gasteiger partial charge in [0, 0.05) is 0 Å². The molecule has 0 atom stereocenters. The van der Waals surface area contributed by atoms with E-state index in [2.05, 4.69) is 4.89 Å². The number of rotatable bonds is 21. The highest BCUT2D eigenvalue weighted by molar-refractivity contribution is 5.20. The zero-order valence-electron chi connectivity index (χ0n) is 18.4. The molecule has 0 aliphatic heterocycles. The SMILES string of the molecule is COOc1ccccc1.OCCOCCOCCOCCOCCOCCOCCO. The van der Waals surface area contributed by atoms with Gasteiger partial charge in [0.2, 0.25) is 0 Å². The molecule has 0 aliphatic rings. The summed E-state index contributed by atoms with van der Waals surface area (Å²) < 4.78 is 31.2. The molecule has 0 amide bonds. The Bertz CT molecular complexity index is 415. The molecule has 1 aromatic carbocycles. The van der Waals surface area contributed by atoms with E-state index in [0.29, 0.717) is 79.3 Å². The summed E-state index contributed by atoms with van der Waals surface area (Å²) >= 11 is 0. The van der Waals surface area contributed by atoms with E-state index in [9.17, 15) is 0 Å². The second-order valence-electron chi connectivity index (χ2n) is 5.68. The number of aliphatic hydroxyl groups is 2. The quantitative estimate of drug-likeness (QED) is 0.158. The van der Waals surface area contributed by atoms with Crippen molar-refractivity contribution in [3.8, 4) is 5.75 Å². The van der Waals surface area contributed by atoms with Gasteiger partial charge in [-0.05, 0) is 12.1 Å². The van der Waals surface area contributed by atoms with E-state index in [0.717, 1.165) is 5.75 Å². The van der Waals surface area contributed by atoms with Gasteiger partial charge in [-0.1, -0.05) is 18.2 Å². The molecule has 1 rings (SSSR count). The van der Waals surface area contributed by atoms with Crippen LogP contribution in [0.2, 0.25) is 0 Å². The molecular weight excluding hydrogens is 412 g/mol. The van der Waals surface area contributed by atoms with E-state index in [1.165, 1.54) is 7.11 Å². The third-order valence-corrected chi connectivity index (χ3v) is 3.25. The summed E-state index contributed by atoms with van der Waals surface area (Å²) in [6.45, 7) is 5.81. The highest BCUT2D eigenvalue weighted by atomic mass is 17.2. The van der Waals surface area contributed by atoms with Crippen molar-refractivity contribution in [2.75, 3.05) is 99.6 Å². The molecule has 0 heterocycles. The maximum absolute atomic E-state index is 8.48. The van der Waals surface area contributed by atoms with Crippen LogP contribution in [-0.2, 0) is 33.3 Å². The number of hydrogen-bond donors (Lipinski definition) is 2. The van der Waals surface area contributed by atoms with Crippen molar-refractivity contribution in [2.45, 2.75) is 0 Å². The van der Waals surface area contributed by atoms with Crippen LogP contribution in [0.3, 0.4) is 0 Å². The minimum absolute atomic E-state index is 0.0334. The van der Waals surface area contributed by atoms with Crippen molar-refractivity contribution in [1.29, 1.82) is 0 Å². The fourth-order valence-electron chi connectivity index (χ4n) is 1.90. The topological polar surface area (TPSA) is 114 Å². The van der Waals surface area contributed by atoms with Crippen molar-refractivity contribution in [1.82, 2.24) is 0 Å². The summed E-state index contributed by atoms with van der Waals surface area (Å²) in [6.07, 6.45) is 0. The lowest BCUT2D eigenvalue weighted by Gasteiger charge is -2.07. The lowest BCUT2D eigenvalue weighted by molar-refractivity contribution is -0.178. The number of benzene rings is 1. The zero-order valence-corrected chi connectivity index (χ0v) is 18.4. The van der Waals surface area contributed by atoms with Crippen LogP contribution < -0.4 is 4.89 Å². The molecule has 0 spiro atoms. The summed E-state index contributed by atoms with van der Waals surface area (Å²) in [6, 6.07) is 9.33. The van der Waals surface area contributed by atoms with Gasteiger partial charge >= 0.3 is 0 Å². The second kappa shape index (κ2) is 26.7. The van der Waals surface area contributed by atoms with E-state index in [1.807, 2.05) is 30.3 Å². The summed E-state index contributed by atoms with van der Waals surface area (Å²) in [5.74, 6) is 0.722. The first kappa shape index (κ1) is 29.7. The smallest absolute Gasteiger partial charge is 0.165 e. The highest BCUT2D eigenvalue weighted by Crippen LogP contribution is 2.07. The van der Waals surface area contributed by atoms with Crippen molar-refractivity contribution in [3.63, 3.8) is 0 Å². The Morgan fingerprint density at radius 3 is 1.13 bits per heavy atom.